The minimum Gasteiger partial charge on any atom is -0.504 e. The van der Waals surface area contributed by atoms with Gasteiger partial charge in [-0.3, -0.25) is 4.79 Å². The number of aliphatic hydroxyl groups is 3. The number of aliphatic hydroxyl groups excluding tert-OH is 3. The minimum atomic E-state index is -1.92. The van der Waals surface area contributed by atoms with Crippen LogP contribution in [0.2, 0.25) is 0 Å². The van der Waals surface area contributed by atoms with Gasteiger partial charge in [-0.25, -0.2) is 4.79 Å². The zero-order valence-electron chi connectivity index (χ0n) is 20.9. The highest BCUT2D eigenvalue weighted by molar-refractivity contribution is 5.89. The molecule has 5 rings (SSSR count). The number of aliphatic carboxylic acids is 1. The van der Waals surface area contributed by atoms with Crippen molar-refractivity contribution in [3.63, 3.8) is 0 Å². The van der Waals surface area contributed by atoms with Gasteiger partial charge in [0.15, 0.2) is 23.0 Å². The van der Waals surface area contributed by atoms with Crippen LogP contribution in [0.15, 0.2) is 45.6 Å². The molecular formula is C27H28O12. The lowest BCUT2D eigenvalue weighted by Crippen LogP contribution is -2.61. The first-order chi connectivity index (χ1) is 18.7. The highest BCUT2D eigenvalue weighted by Crippen LogP contribution is 2.43. The van der Waals surface area contributed by atoms with Gasteiger partial charge in [0.2, 0.25) is 12.0 Å². The molecular weight excluding hydrogens is 516 g/mol. The molecule has 1 aliphatic heterocycles. The van der Waals surface area contributed by atoms with Gasteiger partial charge in [0.05, 0.1) is 13.2 Å². The van der Waals surface area contributed by atoms with E-state index in [2.05, 4.69) is 0 Å². The summed E-state index contributed by atoms with van der Waals surface area (Å²) in [5.74, 6) is -1.92. The molecule has 1 saturated heterocycles. The van der Waals surface area contributed by atoms with Gasteiger partial charge in [0.25, 0.3) is 0 Å². The second-order valence-corrected chi connectivity index (χ2v) is 9.51. The Morgan fingerprint density at radius 1 is 0.974 bits per heavy atom. The maximum atomic E-state index is 13.0. The summed E-state index contributed by atoms with van der Waals surface area (Å²) in [5, 5.41) is 50.2. The Morgan fingerprint density at radius 3 is 2.31 bits per heavy atom. The van der Waals surface area contributed by atoms with E-state index in [0.717, 1.165) is 25.7 Å². The van der Waals surface area contributed by atoms with Gasteiger partial charge in [-0.15, -0.1) is 0 Å². The Morgan fingerprint density at radius 2 is 1.67 bits per heavy atom. The second kappa shape index (κ2) is 10.7. The van der Waals surface area contributed by atoms with Crippen molar-refractivity contribution in [2.75, 3.05) is 7.11 Å². The Bertz CT molecular complexity index is 1410. The van der Waals surface area contributed by atoms with E-state index in [1.54, 1.807) is 24.3 Å². The number of rotatable bonds is 7. The number of fused-ring (bicyclic) bond motifs is 1. The number of methoxy groups -OCH3 is 1. The first-order valence-electron chi connectivity index (χ1n) is 12.4. The van der Waals surface area contributed by atoms with Crippen molar-refractivity contribution < 1.29 is 53.7 Å². The van der Waals surface area contributed by atoms with Crippen LogP contribution in [0.3, 0.4) is 0 Å². The van der Waals surface area contributed by atoms with E-state index in [0.29, 0.717) is 11.3 Å². The first-order valence-corrected chi connectivity index (χ1v) is 12.4. The molecule has 0 bridgehead atoms. The van der Waals surface area contributed by atoms with E-state index in [-0.39, 0.29) is 34.3 Å². The number of phenols is 1. The number of carboxylic acids is 1. The number of hydrogen-bond donors (Lipinski definition) is 5. The topological polar surface area (TPSA) is 185 Å². The van der Waals surface area contributed by atoms with Gasteiger partial charge in [-0.2, -0.15) is 0 Å². The average molecular weight is 545 g/mol. The minimum absolute atomic E-state index is 0.0993. The van der Waals surface area contributed by atoms with Crippen LogP contribution in [0, 0.1) is 0 Å². The third-order valence-electron chi connectivity index (χ3n) is 6.92. The number of benzene rings is 2. The number of phenolic OH excluding ortho intramolecular Hbond substituents is 1. The van der Waals surface area contributed by atoms with Crippen LogP contribution in [0.25, 0.3) is 22.3 Å². The summed E-state index contributed by atoms with van der Waals surface area (Å²) in [5.41, 5.74) is -0.103. The molecule has 2 fully saturated rings. The van der Waals surface area contributed by atoms with E-state index in [9.17, 15) is 35.1 Å². The summed E-state index contributed by atoms with van der Waals surface area (Å²) in [6.45, 7) is 0. The van der Waals surface area contributed by atoms with Crippen LogP contribution in [-0.2, 0) is 9.53 Å². The van der Waals surface area contributed by atoms with E-state index < -0.39 is 47.9 Å². The molecule has 5 N–H and O–H groups in total. The molecule has 5 atom stereocenters. The molecule has 0 amide bonds. The lowest BCUT2D eigenvalue weighted by atomic mass is 9.99. The van der Waals surface area contributed by atoms with Crippen LogP contribution in [0.5, 0.6) is 23.0 Å². The summed E-state index contributed by atoms with van der Waals surface area (Å²) in [4.78, 5) is 24.4. The van der Waals surface area contributed by atoms with Crippen molar-refractivity contribution in [1.82, 2.24) is 0 Å². The van der Waals surface area contributed by atoms with E-state index in [4.69, 9.17) is 23.4 Å². The predicted molar refractivity (Wildman–Crippen MR) is 134 cm³/mol. The summed E-state index contributed by atoms with van der Waals surface area (Å²) in [7, 11) is 1.19. The Labute approximate surface area is 221 Å². The highest BCUT2D eigenvalue weighted by Gasteiger charge is 2.48. The van der Waals surface area contributed by atoms with Gasteiger partial charge in [-0.1, -0.05) is 0 Å². The first kappa shape index (κ1) is 26.8. The van der Waals surface area contributed by atoms with Gasteiger partial charge in [0.1, 0.15) is 40.8 Å². The lowest BCUT2D eigenvalue weighted by molar-refractivity contribution is -0.271. The maximum Gasteiger partial charge on any atom is 0.335 e. The number of ether oxygens (including phenoxy) is 4. The van der Waals surface area contributed by atoms with Gasteiger partial charge >= 0.3 is 5.97 Å². The third kappa shape index (κ3) is 5.11. The molecule has 39 heavy (non-hydrogen) atoms. The van der Waals surface area contributed by atoms with E-state index >= 15 is 0 Å². The largest absolute Gasteiger partial charge is 0.504 e. The van der Waals surface area contributed by atoms with Crippen LogP contribution < -0.4 is 19.6 Å². The maximum absolute atomic E-state index is 13.0. The molecule has 2 heterocycles. The van der Waals surface area contributed by atoms with Crippen LogP contribution in [-0.4, -0.2) is 75.4 Å². The average Bonchev–Trinajstić information content (AvgIpc) is 3.42. The van der Waals surface area contributed by atoms with Gasteiger partial charge in [-0.05, 0) is 49.9 Å². The predicted octanol–water partition coefficient (Wildman–Crippen LogP) is 1.77. The van der Waals surface area contributed by atoms with Gasteiger partial charge < -0.3 is 48.9 Å². The van der Waals surface area contributed by atoms with Crippen molar-refractivity contribution in [1.29, 1.82) is 0 Å². The zero-order chi connectivity index (χ0) is 27.8. The summed E-state index contributed by atoms with van der Waals surface area (Å²) in [6, 6.07) is 9.45. The molecule has 208 valence electrons. The molecule has 1 aliphatic carbocycles. The third-order valence-corrected chi connectivity index (χ3v) is 6.92. The van der Waals surface area contributed by atoms with E-state index in [1.165, 1.54) is 19.2 Å². The van der Waals surface area contributed by atoms with Gasteiger partial charge in [0, 0.05) is 17.7 Å². The molecule has 2 aliphatic rings. The Balaban J connectivity index is 1.48. The molecule has 0 unspecified atom stereocenters. The Kier molecular flexibility index (Phi) is 7.36. The smallest absolute Gasteiger partial charge is 0.335 e. The molecule has 3 aromatic rings. The fraction of sp³-hybridized carbons (Fsp3) is 0.407. The summed E-state index contributed by atoms with van der Waals surface area (Å²) in [6.07, 6.45) is -4.87. The standard InChI is InChI=1S/C27H28O12/c1-35-24-18(38-27-23(32)21(30)22(31)25(39-27)26(33)34)11-17-19(20(24)29)15(28)10-16(37-17)12-6-8-14(9-7-12)36-13-4-2-3-5-13/h6-11,13,21-23,25,27,29-32H,2-5H2,1H3,(H,33,34)/t21-,22+,23-,25+,27+/m1/s1. The quantitative estimate of drug-likeness (QED) is 0.291. The molecule has 0 spiro atoms. The molecule has 2 aromatic carbocycles. The normalized spacial score (nSPS) is 25.5. The number of carboxylic acid groups (broad SMARTS) is 1. The van der Waals surface area contributed by atoms with Crippen molar-refractivity contribution >= 4 is 16.9 Å². The summed E-state index contributed by atoms with van der Waals surface area (Å²) >= 11 is 0. The number of carbonyl (C=O) groups is 1. The van der Waals surface area contributed by atoms with Crippen LogP contribution in [0.4, 0.5) is 0 Å². The zero-order valence-corrected chi connectivity index (χ0v) is 20.9. The monoisotopic (exact) mass is 544 g/mol. The van der Waals surface area contributed by atoms with Crippen molar-refractivity contribution in [2.45, 2.75) is 62.5 Å². The van der Waals surface area contributed by atoms with E-state index in [1.807, 2.05) is 0 Å². The molecule has 12 nitrogen and oxygen atoms in total. The molecule has 1 aromatic heterocycles. The van der Waals surface area contributed by atoms with Crippen LogP contribution in [0.1, 0.15) is 25.7 Å². The number of aromatic hydroxyl groups is 1. The summed E-state index contributed by atoms with van der Waals surface area (Å²) < 4.78 is 27.8. The molecule has 12 heteroatoms. The second-order valence-electron chi connectivity index (χ2n) is 9.51. The number of hydrogen-bond acceptors (Lipinski definition) is 11. The van der Waals surface area contributed by atoms with Crippen molar-refractivity contribution in [3.8, 4) is 34.3 Å². The fourth-order valence-corrected chi connectivity index (χ4v) is 4.86. The highest BCUT2D eigenvalue weighted by atomic mass is 16.7. The SMILES string of the molecule is COc1c(O[C@H]2O[C@H](C(=O)O)[C@@H](O)[C@@H](O)[C@H]2O)cc2oc(-c3ccc(OC4CCCC4)cc3)cc(=O)c2c1O. The molecule has 1 saturated carbocycles. The molecule has 0 radical (unpaired) electrons. The van der Waals surface area contributed by atoms with Crippen molar-refractivity contribution in [3.05, 3.63) is 46.6 Å². The lowest BCUT2D eigenvalue weighted by Gasteiger charge is -2.38. The van der Waals surface area contributed by atoms with Crippen molar-refractivity contribution in [2.24, 2.45) is 0 Å². The Hall–Kier alpha value is -3.84. The van der Waals surface area contributed by atoms with Crippen LogP contribution >= 0.6 is 0 Å². The fourth-order valence-electron chi connectivity index (χ4n) is 4.86.